The number of hydrogen-bond acceptors (Lipinski definition) is 2. The van der Waals surface area contributed by atoms with Crippen molar-refractivity contribution in [2.75, 3.05) is 0 Å². The molecule has 0 saturated heterocycles. The zero-order valence-corrected chi connectivity index (χ0v) is 13.0. The van der Waals surface area contributed by atoms with Crippen LogP contribution in [0.15, 0.2) is 34.8 Å². The number of hydrazine groups is 1. The average molecular weight is 382 g/mol. The van der Waals surface area contributed by atoms with E-state index in [1.54, 1.807) is 6.07 Å². The summed E-state index contributed by atoms with van der Waals surface area (Å²) >= 11 is 14.8. The van der Waals surface area contributed by atoms with E-state index in [-0.39, 0.29) is 10.6 Å². The fourth-order valence-electron chi connectivity index (χ4n) is 1.87. The average Bonchev–Trinajstić information content (AvgIpc) is 2.37. The first-order valence-corrected chi connectivity index (χ1v) is 7.04. The van der Waals surface area contributed by atoms with Gasteiger partial charge in [-0.1, -0.05) is 45.2 Å². The summed E-state index contributed by atoms with van der Waals surface area (Å²) in [6, 6.07) is 6.10. The largest absolute Gasteiger partial charge is 0.271 e. The topological polar surface area (TPSA) is 38.0 Å². The summed E-state index contributed by atoms with van der Waals surface area (Å²) < 4.78 is 28.3. The van der Waals surface area contributed by atoms with Gasteiger partial charge in [0, 0.05) is 10.0 Å². The molecule has 1 atom stereocenters. The lowest BCUT2D eigenvalue weighted by Crippen LogP contribution is -2.30. The monoisotopic (exact) mass is 380 g/mol. The molecule has 2 aromatic rings. The van der Waals surface area contributed by atoms with Crippen molar-refractivity contribution in [3.63, 3.8) is 0 Å². The molecule has 20 heavy (non-hydrogen) atoms. The SMILES string of the molecule is NNC(c1ccc(Cl)c(Cl)c1)c1c(F)cc(Br)cc1F. The van der Waals surface area contributed by atoms with Gasteiger partial charge in [0.25, 0.3) is 0 Å². The van der Waals surface area contributed by atoms with Crippen LogP contribution >= 0.6 is 39.1 Å². The fraction of sp³-hybridized carbons (Fsp3) is 0.0769. The predicted octanol–water partition coefficient (Wildman–Crippen LogP) is 4.59. The third-order valence-electron chi connectivity index (χ3n) is 2.78. The maximum Gasteiger partial charge on any atom is 0.132 e. The molecule has 0 saturated carbocycles. The van der Waals surface area contributed by atoms with Crippen LogP contribution in [0.1, 0.15) is 17.2 Å². The minimum Gasteiger partial charge on any atom is -0.271 e. The Morgan fingerprint density at radius 3 is 2.15 bits per heavy atom. The molecule has 0 bridgehead atoms. The molecule has 0 aromatic heterocycles. The second-order valence-electron chi connectivity index (χ2n) is 4.06. The smallest absolute Gasteiger partial charge is 0.132 e. The molecule has 7 heteroatoms. The van der Waals surface area contributed by atoms with Gasteiger partial charge in [-0.25, -0.2) is 14.2 Å². The van der Waals surface area contributed by atoms with Crippen LogP contribution in [0.2, 0.25) is 10.0 Å². The molecule has 0 fully saturated rings. The van der Waals surface area contributed by atoms with Crippen LogP contribution < -0.4 is 11.3 Å². The van der Waals surface area contributed by atoms with E-state index in [9.17, 15) is 8.78 Å². The van der Waals surface area contributed by atoms with E-state index in [1.807, 2.05) is 0 Å². The Bertz CT molecular complexity index is 629. The minimum absolute atomic E-state index is 0.186. The van der Waals surface area contributed by atoms with E-state index < -0.39 is 17.7 Å². The molecule has 0 aliphatic heterocycles. The van der Waals surface area contributed by atoms with Crippen LogP contribution in [0, 0.1) is 11.6 Å². The van der Waals surface area contributed by atoms with Crippen LogP contribution in [0.25, 0.3) is 0 Å². The predicted molar refractivity (Wildman–Crippen MR) is 79.7 cm³/mol. The molecule has 0 aliphatic carbocycles. The Balaban J connectivity index is 2.55. The first kappa shape index (κ1) is 15.7. The molecular weight excluding hydrogens is 373 g/mol. The van der Waals surface area contributed by atoms with Crippen LogP contribution in [-0.4, -0.2) is 0 Å². The quantitative estimate of drug-likeness (QED) is 0.602. The van der Waals surface area contributed by atoms with Gasteiger partial charge in [-0.2, -0.15) is 0 Å². The zero-order valence-electron chi connectivity index (χ0n) is 9.93. The molecule has 0 radical (unpaired) electrons. The number of benzene rings is 2. The summed E-state index contributed by atoms with van der Waals surface area (Å²) in [6.07, 6.45) is 0. The van der Waals surface area contributed by atoms with Crippen LogP contribution in [0.3, 0.4) is 0 Å². The number of nitrogens with one attached hydrogen (secondary N) is 1. The first-order chi connectivity index (χ1) is 9.43. The van der Waals surface area contributed by atoms with E-state index in [0.29, 0.717) is 15.1 Å². The van der Waals surface area contributed by atoms with Crippen molar-refractivity contribution in [1.82, 2.24) is 5.43 Å². The highest BCUT2D eigenvalue weighted by Crippen LogP contribution is 2.32. The molecule has 0 aliphatic rings. The lowest BCUT2D eigenvalue weighted by Gasteiger charge is -2.19. The Hall–Kier alpha value is -0.720. The van der Waals surface area contributed by atoms with Gasteiger partial charge < -0.3 is 0 Å². The van der Waals surface area contributed by atoms with Crippen molar-refractivity contribution in [1.29, 1.82) is 0 Å². The van der Waals surface area contributed by atoms with E-state index in [0.717, 1.165) is 0 Å². The van der Waals surface area contributed by atoms with Crippen molar-refractivity contribution in [2.45, 2.75) is 6.04 Å². The Kier molecular flexibility index (Phi) is 4.99. The molecule has 0 spiro atoms. The van der Waals surface area contributed by atoms with Crippen molar-refractivity contribution < 1.29 is 8.78 Å². The summed E-state index contributed by atoms with van der Waals surface area (Å²) in [5, 5.41) is 0.630. The van der Waals surface area contributed by atoms with Gasteiger partial charge >= 0.3 is 0 Å². The molecule has 0 heterocycles. The highest BCUT2D eigenvalue weighted by Gasteiger charge is 2.22. The maximum atomic E-state index is 14.0. The molecule has 3 N–H and O–H groups in total. The summed E-state index contributed by atoms with van der Waals surface area (Å²) in [6.45, 7) is 0. The van der Waals surface area contributed by atoms with E-state index in [2.05, 4.69) is 21.4 Å². The maximum absolute atomic E-state index is 14.0. The van der Waals surface area contributed by atoms with Crippen LogP contribution in [0.5, 0.6) is 0 Å². The fourth-order valence-corrected chi connectivity index (χ4v) is 2.58. The van der Waals surface area contributed by atoms with E-state index in [1.165, 1.54) is 24.3 Å². The minimum atomic E-state index is -0.877. The van der Waals surface area contributed by atoms with E-state index in [4.69, 9.17) is 29.0 Å². The Morgan fingerprint density at radius 2 is 1.65 bits per heavy atom. The molecule has 2 aromatic carbocycles. The normalized spacial score (nSPS) is 12.5. The van der Waals surface area contributed by atoms with Gasteiger partial charge in [0.1, 0.15) is 11.6 Å². The molecule has 2 nitrogen and oxygen atoms in total. The van der Waals surface area contributed by atoms with Gasteiger partial charge in [0.05, 0.1) is 16.1 Å². The highest BCUT2D eigenvalue weighted by molar-refractivity contribution is 9.10. The lowest BCUT2D eigenvalue weighted by atomic mass is 9.98. The lowest BCUT2D eigenvalue weighted by molar-refractivity contribution is 0.509. The van der Waals surface area contributed by atoms with Crippen LogP contribution in [0.4, 0.5) is 8.78 Å². The number of halogens is 5. The van der Waals surface area contributed by atoms with Gasteiger partial charge in [0.2, 0.25) is 0 Å². The second-order valence-corrected chi connectivity index (χ2v) is 5.79. The Labute approximate surface area is 133 Å². The third kappa shape index (κ3) is 3.13. The highest BCUT2D eigenvalue weighted by atomic mass is 79.9. The van der Waals surface area contributed by atoms with Gasteiger partial charge in [-0.05, 0) is 29.8 Å². The second kappa shape index (κ2) is 6.37. The van der Waals surface area contributed by atoms with Crippen molar-refractivity contribution in [3.8, 4) is 0 Å². The van der Waals surface area contributed by atoms with Gasteiger partial charge in [0.15, 0.2) is 0 Å². The first-order valence-electron chi connectivity index (χ1n) is 5.49. The standard InChI is InChI=1S/C13H9BrCl2F2N2/c14-7-4-10(17)12(11(18)5-7)13(20-19)6-1-2-8(15)9(16)3-6/h1-5,13,20H,19H2. The third-order valence-corrected chi connectivity index (χ3v) is 3.97. The van der Waals surface area contributed by atoms with Crippen molar-refractivity contribution in [3.05, 3.63) is 67.6 Å². The molecule has 2 rings (SSSR count). The number of rotatable bonds is 3. The molecule has 1 unspecified atom stereocenters. The summed E-state index contributed by atoms with van der Waals surface area (Å²) in [4.78, 5) is 0. The van der Waals surface area contributed by atoms with Gasteiger partial charge in [-0.15, -0.1) is 0 Å². The Morgan fingerprint density at radius 1 is 1.05 bits per heavy atom. The van der Waals surface area contributed by atoms with Crippen LogP contribution in [-0.2, 0) is 0 Å². The summed E-state index contributed by atoms with van der Waals surface area (Å²) in [7, 11) is 0. The number of nitrogens with two attached hydrogens (primary N) is 1. The molecule has 106 valence electrons. The van der Waals surface area contributed by atoms with Crippen molar-refractivity contribution in [2.24, 2.45) is 5.84 Å². The zero-order chi connectivity index (χ0) is 14.9. The summed E-state index contributed by atoms with van der Waals surface area (Å²) in [5.74, 6) is 4.00. The molecule has 0 amide bonds. The van der Waals surface area contributed by atoms with Gasteiger partial charge in [-0.3, -0.25) is 5.84 Å². The van der Waals surface area contributed by atoms with Crippen molar-refractivity contribution >= 4 is 39.1 Å². The molecular formula is C13H9BrCl2F2N2. The van der Waals surface area contributed by atoms with E-state index >= 15 is 0 Å². The number of hydrogen-bond donors (Lipinski definition) is 2. The summed E-state index contributed by atoms with van der Waals surface area (Å²) in [5.41, 5.74) is 2.70.